The summed E-state index contributed by atoms with van der Waals surface area (Å²) < 4.78 is 33.6. The number of benzene rings is 4. The molecule has 6 aromatic rings. The molecular formula is C48H50Cl2F2N8O7. The molecule has 6 N–H and O–H groups in total. The molecule has 0 saturated heterocycles. The molecule has 19 heteroatoms. The van der Waals surface area contributed by atoms with Crippen LogP contribution in [0, 0.1) is 35.3 Å². The summed E-state index contributed by atoms with van der Waals surface area (Å²) in [6, 6.07) is 23.3. The normalized spacial score (nSPS) is 12.8. The lowest BCUT2D eigenvalue weighted by atomic mass is 9.85. The monoisotopic (exact) mass is 958 g/mol. The number of nitrogens with zero attached hydrogens (tertiary/aromatic N) is 4. The lowest BCUT2D eigenvalue weighted by Crippen LogP contribution is -2.34. The second-order valence-corrected chi connectivity index (χ2v) is 16.7. The Hall–Kier alpha value is -6.69. The average molecular weight is 960 g/mol. The molecule has 0 aliphatic rings. The number of hydrogen-bond acceptors (Lipinski definition) is 11. The van der Waals surface area contributed by atoms with Gasteiger partial charge < -0.3 is 20.9 Å². The van der Waals surface area contributed by atoms with E-state index in [2.05, 4.69) is 36.1 Å². The number of aliphatic carboxylic acids is 1. The molecular weight excluding hydrogens is 909 g/mol. The van der Waals surface area contributed by atoms with E-state index < -0.39 is 23.8 Å². The van der Waals surface area contributed by atoms with E-state index in [1.807, 2.05) is 24.3 Å². The number of carbonyl (C=O) groups is 5. The average Bonchev–Trinajstić information content (AvgIpc) is 4.06. The predicted octanol–water partition coefficient (Wildman–Crippen LogP) is 8.15. The number of amides is 1. The number of ether oxygens (including phenoxy) is 1. The van der Waals surface area contributed by atoms with E-state index in [0.717, 1.165) is 11.1 Å². The quantitative estimate of drug-likeness (QED) is 0.0320. The SMILES string of the molecule is CCOC(=O)[C@H](CNC(C)=O)C[C@H](CC(=O)c1cn[nH]n1)Cc1ccc(-c2cc(Cl)ccc2F)cc1.NC[C@H](C[C@H](CC(=O)c1cn[nH]n1)Cc1ccc(-c2cc(Cl)ccc2F)cc1)C(=O)O. The molecule has 0 spiro atoms. The van der Waals surface area contributed by atoms with Crippen molar-refractivity contribution in [1.29, 1.82) is 0 Å². The van der Waals surface area contributed by atoms with Gasteiger partial charge in [0, 0.05) is 54.0 Å². The highest BCUT2D eigenvalue weighted by molar-refractivity contribution is 6.31. The first-order chi connectivity index (χ1) is 32.1. The van der Waals surface area contributed by atoms with Gasteiger partial charge in [0.05, 0.1) is 30.8 Å². The molecule has 0 aliphatic carbocycles. The topological polar surface area (TPSA) is 236 Å². The molecule has 0 bridgehead atoms. The van der Waals surface area contributed by atoms with Gasteiger partial charge in [0.15, 0.2) is 11.6 Å². The first kappa shape index (κ1) is 51.3. The zero-order valence-electron chi connectivity index (χ0n) is 36.7. The number of carbonyl (C=O) groups excluding carboxylic acids is 4. The zero-order chi connectivity index (χ0) is 48.5. The largest absolute Gasteiger partial charge is 0.481 e. The van der Waals surface area contributed by atoms with E-state index in [9.17, 15) is 37.9 Å². The van der Waals surface area contributed by atoms with Crippen molar-refractivity contribution >= 4 is 52.6 Å². The minimum Gasteiger partial charge on any atom is -0.481 e. The summed E-state index contributed by atoms with van der Waals surface area (Å²) in [5.41, 5.74) is 9.95. The van der Waals surface area contributed by atoms with Crippen molar-refractivity contribution in [3.8, 4) is 22.3 Å². The summed E-state index contributed by atoms with van der Waals surface area (Å²) in [5.74, 6) is -4.77. The van der Waals surface area contributed by atoms with Crippen molar-refractivity contribution in [1.82, 2.24) is 36.1 Å². The number of aromatic nitrogens is 6. The van der Waals surface area contributed by atoms with Gasteiger partial charge in [-0.25, -0.2) is 8.78 Å². The number of nitrogens with two attached hydrogens (primary N) is 1. The molecule has 0 fully saturated rings. The van der Waals surface area contributed by atoms with Crippen LogP contribution < -0.4 is 11.1 Å². The Morgan fingerprint density at radius 1 is 0.716 bits per heavy atom. The smallest absolute Gasteiger partial charge is 0.310 e. The maximum Gasteiger partial charge on any atom is 0.310 e. The van der Waals surface area contributed by atoms with Crippen LogP contribution in [0.25, 0.3) is 22.3 Å². The Morgan fingerprint density at radius 3 is 1.54 bits per heavy atom. The Morgan fingerprint density at radius 2 is 1.16 bits per heavy atom. The van der Waals surface area contributed by atoms with Crippen LogP contribution in [0.2, 0.25) is 10.0 Å². The van der Waals surface area contributed by atoms with Crippen molar-refractivity contribution in [2.45, 2.75) is 52.4 Å². The molecule has 67 heavy (non-hydrogen) atoms. The van der Waals surface area contributed by atoms with Gasteiger partial charge in [0.2, 0.25) is 5.91 Å². The van der Waals surface area contributed by atoms with E-state index in [-0.39, 0.29) is 91.3 Å². The summed E-state index contributed by atoms with van der Waals surface area (Å²) in [6.45, 7) is 3.38. The van der Waals surface area contributed by atoms with Crippen LogP contribution in [-0.2, 0) is 32.0 Å². The highest BCUT2D eigenvalue weighted by Crippen LogP contribution is 2.30. The van der Waals surface area contributed by atoms with Gasteiger partial charge in [-0.2, -0.15) is 30.8 Å². The first-order valence-corrected chi connectivity index (χ1v) is 22.1. The molecule has 0 aliphatic heterocycles. The number of H-pyrrole nitrogens is 2. The molecule has 1 amide bonds. The molecule has 0 saturated carbocycles. The summed E-state index contributed by atoms with van der Waals surface area (Å²) in [4.78, 5) is 60.8. The van der Waals surface area contributed by atoms with Crippen LogP contribution in [0.4, 0.5) is 8.78 Å². The summed E-state index contributed by atoms with van der Waals surface area (Å²) >= 11 is 12.0. The number of rotatable bonds is 22. The van der Waals surface area contributed by atoms with Crippen molar-refractivity contribution in [2.75, 3.05) is 19.7 Å². The zero-order valence-corrected chi connectivity index (χ0v) is 38.2. The second kappa shape index (κ2) is 25.3. The molecule has 0 radical (unpaired) electrons. The minimum atomic E-state index is -0.992. The van der Waals surface area contributed by atoms with E-state index >= 15 is 0 Å². The van der Waals surface area contributed by atoms with Gasteiger partial charge in [-0.3, -0.25) is 24.0 Å². The Labute approximate surface area is 395 Å². The van der Waals surface area contributed by atoms with E-state index in [1.165, 1.54) is 43.6 Å². The molecule has 6 rings (SSSR count). The Bertz CT molecular complexity index is 2580. The van der Waals surface area contributed by atoms with Crippen LogP contribution in [0.1, 0.15) is 71.6 Å². The molecule has 15 nitrogen and oxygen atoms in total. The molecule has 0 unspecified atom stereocenters. The maximum atomic E-state index is 14.3. The van der Waals surface area contributed by atoms with Crippen molar-refractivity contribution in [3.63, 3.8) is 0 Å². The van der Waals surface area contributed by atoms with Crippen molar-refractivity contribution in [2.24, 2.45) is 29.4 Å². The van der Waals surface area contributed by atoms with Crippen molar-refractivity contribution < 1.29 is 42.6 Å². The number of aromatic amines is 2. The third-order valence-corrected chi connectivity index (χ3v) is 11.3. The molecule has 352 valence electrons. The number of Topliss-reactive ketones (excluding diaryl/α,β-unsaturated/α-hetero) is 2. The Balaban J connectivity index is 0.000000254. The fourth-order valence-corrected chi connectivity index (χ4v) is 7.86. The highest BCUT2D eigenvalue weighted by atomic mass is 35.5. The highest BCUT2D eigenvalue weighted by Gasteiger charge is 2.28. The lowest BCUT2D eigenvalue weighted by Gasteiger charge is -2.22. The summed E-state index contributed by atoms with van der Waals surface area (Å²) in [7, 11) is 0. The van der Waals surface area contributed by atoms with E-state index in [1.54, 1.807) is 43.3 Å². The van der Waals surface area contributed by atoms with Gasteiger partial charge in [-0.15, -0.1) is 0 Å². The number of carboxylic acids is 1. The van der Waals surface area contributed by atoms with Crippen LogP contribution >= 0.6 is 23.2 Å². The number of halogens is 4. The number of esters is 1. The number of carboxylic acid groups (broad SMARTS) is 1. The van der Waals surface area contributed by atoms with Crippen LogP contribution in [0.5, 0.6) is 0 Å². The first-order valence-electron chi connectivity index (χ1n) is 21.3. The van der Waals surface area contributed by atoms with Gasteiger partial charge in [0.1, 0.15) is 23.0 Å². The summed E-state index contributed by atoms with van der Waals surface area (Å²) in [5, 5.41) is 32.7. The lowest BCUT2D eigenvalue weighted by molar-refractivity contribution is -0.148. The number of hydrogen-bond donors (Lipinski definition) is 5. The molecule has 2 aromatic heterocycles. The van der Waals surface area contributed by atoms with Crippen LogP contribution in [0.15, 0.2) is 97.3 Å². The third-order valence-electron chi connectivity index (χ3n) is 10.9. The van der Waals surface area contributed by atoms with Crippen LogP contribution in [0.3, 0.4) is 0 Å². The second-order valence-electron chi connectivity index (χ2n) is 15.9. The standard InChI is InChI=1S/C26H28ClFN4O4.C22H22ClFN4O3/c1-3-36-26(35)20(14-29-16(2)33)11-18(12-25(34)24-15-30-32-31-24)10-17-4-6-19(7-5-17)22-13-21(27)8-9-23(22)28;23-17-5-6-19(24)18(10-17)15-3-1-13(2-4-15)7-14(8-16(11-25)22(30)31)9-21(29)20-12-26-28-27-20/h4-9,13,15,18,20H,3,10-12,14H2,1-2H3,(H,29,33)(H,30,31,32);1-6,10,12,14,16H,7-9,11,25H2,(H,30,31)(H,26,27,28)/t18-,20+;14-,16+/m11/s1. The molecule has 2 heterocycles. The maximum absolute atomic E-state index is 14.3. The Kier molecular flexibility index (Phi) is 19.4. The number of ketones is 2. The fraction of sp³-hybridized carbons (Fsp3) is 0.312. The molecule has 4 atom stereocenters. The van der Waals surface area contributed by atoms with Gasteiger partial charge in [-0.05, 0) is 103 Å². The summed E-state index contributed by atoms with van der Waals surface area (Å²) in [6.07, 6.45) is 4.42. The van der Waals surface area contributed by atoms with Crippen molar-refractivity contribution in [3.05, 3.63) is 142 Å². The van der Waals surface area contributed by atoms with Gasteiger partial charge in [0.25, 0.3) is 0 Å². The third kappa shape index (κ3) is 15.7. The van der Waals surface area contributed by atoms with E-state index in [0.29, 0.717) is 51.6 Å². The van der Waals surface area contributed by atoms with Gasteiger partial charge in [-0.1, -0.05) is 71.7 Å². The molecule has 4 aromatic carbocycles. The number of nitrogens with one attached hydrogen (secondary N) is 3. The fourth-order valence-electron chi connectivity index (χ4n) is 7.52. The van der Waals surface area contributed by atoms with Gasteiger partial charge >= 0.3 is 11.9 Å². The predicted molar refractivity (Wildman–Crippen MR) is 247 cm³/mol. The van der Waals surface area contributed by atoms with Crippen LogP contribution in [-0.4, -0.2) is 85.0 Å². The minimum absolute atomic E-state index is 0.0169. The van der Waals surface area contributed by atoms with E-state index in [4.69, 9.17) is 33.7 Å².